The lowest BCUT2D eigenvalue weighted by Gasteiger charge is -2.62. The SMILES string of the molecule is [B]C(O)(O)N(C1CCNCC1)C1CC2(C1)CN(N)C2. The number of piperidine rings is 1. The zero-order valence-corrected chi connectivity index (χ0v) is 11.3. The highest BCUT2D eigenvalue weighted by Crippen LogP contribution is 2.50. The first-order valence-electron chi connectivity index (χ1n) is 7.12. The second-order valence-corrected chi connectivity index (χ2v) is 6.54. The summed E-state index contributed by atoms with van der Waals surface area (Å²) < 4.78 is 0. The Labute approximate surface area is 115 Å². The fraction of sp³-hybridized carbons (Fsp3) is 1.00. The molecule has 0 atom stereocenters. The Balaban J connectivity index is 1.64. The van der Waals surface area contributed by atoms with E-state index in [4.69, 9.17) is 13.7 Å². The van der Waals surface area contributed by atoms with E-state index in [0.717, 1.165) is 51.9 Å². The van der Waals surface area contributed by atoms with E-state index in [1.54, 1.807) is 4.90 Å². The minimum atomic E-state index is -2.21. The maximum absolute atomic E-state index is 9.88. The van der Waals surface area contributed by atoms with Crippen molar-refractivity contribution in [2.45, 2.75) is 43.6 Å². The van der Waals surface area contributed by atoms with Crippen molar-refractivity contribution in [2.75, 3.05) is 26.2 Å². The molecule has 0 amide bonds. The van der Waals surface area contributed by atoms with Gasteiger partial charge < -0.3 is 15.5 Å². The Kier molecular flexibility index (Phi) is 3.40. The molecule has 1 aliphatic carbocycles. The topological polar surface area (TPSA) is 85.0 Å². The van der Waals surface area contributed by atoms with Crippen molar-refractivity contribution in [1.29, 1.82) is 0 Å². The standard InChI is InChI=1S/C12H23BN4O2/c13-12(18,19)17(9-1-3-15-4-2-9)10-5-11(6-10)7-16(14)8-11/h9-10,15,18-19H,1-8,14H2. The molecule has 1 spiro atoms. The van der Waals surface area contributed by atoms with Crippen LogP contribution in [-0.2, 0) is 0 Å². The van der Waals surface area contributed by atoms with E-state index in [-0.39, 0.29) is 12.1 Å². The lowest BCUT2D eigenvalue weighted by molar-refractivity contribution is -0.256. The Morgan fingerprint density at radius 3 is 2.26 bits per heavy atom. The fourth-order valence-corrected chi connectivity index (χ4v) is 4.13. The van der Waals surface area contributed by atoms with Gasteiger partial charge >= 0.3 is 0 Å². The maximum atomic E-state index is 9.88. The molecular formula is C12H23BN4O2. The maximum Gasteiger partial charge on any atom is 0.178 e. The minimum Gasteiger partial charge on any atom is -0.362 e. The van der Waals surface area contributed by atoms with Crippen molar-refractivity contribution in [3.8, 4) is 0 Å². The van der Waals surface area contributed by atoms with Crippen molar-refractivity contribution in [3.05, 3.63) is 0 Å². The number of nitrogens with two attached hydrogens (primary N) is 1. The average Bonchev–Trinajstić information content (AvgIpc) is 2.24. The zero-order valence-electron chi connectivity index (χ0n) is 11.3. The Morgan fingerprint density at radius 2 is 1.79 bits per heavy atom. The third-order valence-electron chi connectivity index (χ3n) is 4.89. The van der Waals surface area contributed by atoms with Gasteiger partial charge in [-0.25, -0.2) is 5.01 Å². The number of nitrogens with one attached hydrogen (secondary N) is 1. The third-order valence-corrected chi connectivity index (χ3v) is 4.89. The average molecular weight is 266 g/mol. The minimum absolute atomic E-state index is 0.151. The van der Waals surface area contributed by atoms with E-state index in [0.29, 0.717) is 5.41 Å². The number of rotatable bonds is 3. The summed E-state index contributed by atoms with van der Waals surface area (Å²) in [5.74, 6) is 3.49. The van der Waals surface area contributed by atoms with E-state index < -0.39 is 5.81 Å². The molecule has 3 rings (SSSR count). The first-order chi connectivity index (χ1) is 8.90. The summed E-state index contributed by atoms with van der Waals surface area (Å²) in [6, 6.07) is 0.314. The highest BCUT2D eigenvalue weighted by Gasteiger charge is 2.55. The summed E-state index contributed by atoms with van der Waals surface area (Å²) in [5, 5.41) is 24.9. The quantitative estimate of drug-likeness (QED) is 0.272. The highest BCUT2D eigenvalue weighted by atomic mass is 16.5. The van der Waals surface area contributed by atoms with Crippen molar-refractivity contribution >= 4 is 7.85 Å². The predicted octanol–water partition coefficient (Wildman–Crippen LogP) is -1.86. The number of hydrazine groups is 1. The summed E-state index contributed by atoms with van der Waals surface area (Å²) in [4.78, 5) is 1.72. The molecule has 2 radical (unpaired) electrons. The molecule has 0 unspecified atom stereocenters. The van der Waals surface area contributed by atoms with Crippen LogP contribution in [0.1, 0.15) is 25.7 Å². The molecule has 0 aromatic heterocycles. The highest BCUT2D eigenvalue weighted by molar-refractivity contribution is 6.12. The van der Waals surface area contributed by atoms with Crippen LogP contribution in [0, 0.1) is 5.41 Å². The van der Waals surface area contributed by atoms with Gasteiger partial charge in [-0.1, -0.05) is 0 Å². The molecule has 19 heavy (non-hydrogen) atoms. The van der Waals surface area contributed by atoms with Gasteiger partial charge in [-0.15, -0.1) is 0 Å². The van der Waals surface area contributed by atoms with Gasteiger partial charge in [0.05, 0.1) is 0 Å². The summed E-state index contributed by atoms with van der Waals surface area (Å²) in [6.45, 7) is 3.65. The van der Waals surface area contributed by atoms with E-state index >= 15 is 0 Å². The monoisotopic (exact) mass is 266 g/mol. The number of hydrogen-bond donors (Lipinski definition) is 4. The van der Waals surface area contributed by atoms with E-state index in [2.05, 4.69) is 5.32 Å². The molecule has 3 aliphatic rings. The van der Waals surface area contributed by atoms with Gasteiger partial charge in [0.25, 0.3) is 0 Å². The van der Waals surface area contributed by atoms with Crippen LogP contribution >= 0.6 is 0 Å². The predicted molar refractivity (Wildman–Crippen MR) is 71.9 cm³/mol. The number of nitrogens with zero attached hydrogens (tertiary/aromatic N) is 2. The van der Waals surface area contributed by atoms with E-state index in [1.165, 1.54) is 0 Å². The first-order valence-corrected chi connectivity index (χ1v) is 7.12. The fourth-order valence-electron chi connectivity index (χ4n) is 4.13. The van der Waals surface area contributed by atoms with E-state index in [1.807, 2.05) is 5.01 Å². The molecule has 2 aliphatic heterocycles. The van der Waals surface area contributed by atoms with Gasteiger partial charge in [0.1, 0.15) is 0 Å². The van der Waals surface area contributed by atoms with Gasteiger partial charge in [-0.3, -0.25) is 10.7 Å². The largest absolute Gasteiger partial charge is 0.362 e. The first kappa shape index (κ1) is 13.8. The van der Waals surface area contributed by atoms with Gasteiger partial charge in [-0.05, 0) is 38.8 Å². The molecule has 0 aromatic carbocycles. The number of aliphatic hydroxyl groups is 2. The van der Waals surface area contributed by atoms with Gasteiger partial charge in [0.15, 0.2) is 13.7 Å². The molecule has 0 aromatic rings. The molecule has 2 heterocycles. The smallest absolute Gasteiger partial charge is 0.178 e. The van der Waals surface area contributed by atoms with Crippen molar-refractivity contribution in [1.82, 2.24) is 15.2 Å². The Hall–Kier alpha value is -0.175. The second kappa shape index (κ2) is 4.68. The zero-order chi connectivity index (χ0) is 13.7. The molecule has 6 nitrogen and oxygen atoms in total. The molecule has 2 saturated heterocycles. The molecule has 1 saturated carbocycles. The molecule has 0 bridgehead atoms. The van der Waals surface area contributed by atoms with Gasteiger partial charge in [0, 0.05) is 30.6 Å². The van der Waals surface area contributed by atoms with Crippen LogP contribution in [0.2, 0.25) is 0 Å². The third kappa shape index (κ3) is 2.55. The van der Waals surface area contributed by atoms with Crippen molar-refractivity contribution in [2.24, 2.45) is 11.3 Å². The van der Waals surface area contributed by atoms with E-state index in [9.17, 15) is 10.2 Å². The van der Waals surface area contributed by atoms with Gasteiger partial charge in [-0.2, -0.15) is 0 Å². The van der Waals surface area contributed by atoms with Crippen LogP contribution in [0.5, 0.6) is 0 Å². The van der Waals surface area contributed by atoms with Gasteiger partial charge in [0.2, 0.25) is 0 Å². The van der Waals surface area contributed by atoms with Crippen molar-refractivity contribution < 1.29 is 10.2 Å². The lowest BCUT2D eigenvalue weighted by atomic mass is 9.60. The van der Waals surface area contributed by atoms with Crippen LogP contribution in [-0.4, -0.2) is 72.0 Å². The van der Waals surface area contributed by atoms with Crippen LogP contribution in [0.3, 0.4) is 0 Å². The molecular weight excluding hydrogens is 243 g/mol. The second-order valence-electron chi connectivity index (χ2n) is 6.54. The summed E-state index contributed by atoms with van der Waals surface area (Å²) in [5.41, 5.74) is 0.301. The molecule has 106 valence electrons. The molecule has 5 N–H and O–H groups in total. The summed E-state index contributed by atoms with van der Waals surface area (Å²) in [6.07, 6.45) is 3.74. The molecule has 3 fully saturated rings. The van der Waals surface area contributed by atoms with Crippen LogP contribution in [0.4, 0.5) is 0 Å². The van der Waals surface area contributed by atoms with Crippen LogP contribution < -0.4 is 11.2 Å². The lowest BCUT2D eigenvalue weighted by Crippen LogP contribution is -2.72. The van der Waals surface area contributed by atoms with Crippen molar-refractivity contribution in [3.63, 3.8) is 0 Å². The van der Waals surface area contributed by atoms with Crippen LogP contribution in [0.15, 0.2) is 0 Å². The van der Waals surface area contributed by atoms with Crippen LogP contribution in [0.25, 0.3) is 0 Å². The molecule has 7 heteroatoms. The summed E-state index contributed by atoms with van der Waals surface area (Å²) in [7, 11) is 5.58. The Bertz CT molecular complexity index is 329. The normalized spacial score (nSPS) is 29.5. The number of hydrogen-bond acceptors (Lipinski definition) is 6. The Morgan fingerprint density at radius 1 is 1.21 bits per heavy atom. The summed E-state index contributed by atoms with van der Waals surface area (Å²) >= 11 is 0.